The monoisotopic (exact) mass is 353 g/mol. The van der Waals surface area contributed by atoms with Gasteiger partial charge in [0.1, 0.15) is 12.3 Å². The number of ether oxygens (including phenoxy) is 1. The topological polar surface area (TPSA) is 63.7 Å². The minimum absolute atomic E-state index is 0.130. The van der Waals surface area contributed by atoms with E-state index in [1.807, 2.05) is 6.92 Å². The maximum Gasteiger partial charge on any atom is 0.326 e. The second-order valence-electron chi connectivity index (χ2n) is 5.00. The summed E-state index contributed by atoms with van der Waals surface area (Å²) in [7, 11) is -2.41. The van der Waals surface area contributed by atoms with Gasteiger partial charge in [0, 0.05) is 12.1 Å². The second-order valence-corrected chi connectivity index (χ2v) is 7.48. The number of aryl methyl sites for hydroxylation is 1. The number of esters is 1. The van der Waals surface area contributed by atoms with Crippen LogP contribution in [-0.4, -0.2) is 32.3 Å². The van der Waals surface area contributed by atoms with E-state index in [0.717, 1.165) is 9.87 Å². The van der Waals surface area contributed by atoms with Crippen LogP contribution in [0.5, 0.6) is 5.75 Å². The van der Waals surface area contributed by atoms with Gasteiger partial charge < -0.3 is 4.74 Å². The Hall–Kier alpha value is -1.89. The molecule has 0 N–H and O–H groups in total. The van der Waals surface area contributed by atoms with Gasteiger partial charge in [-0.15, -0.1) is 0 Å². The molecular formula is C16H16ClNO4S. The van der Waals surface area contributed by atoms with Gasteiger partial charge in [-0.3, -0.25) is 4.79 Å². The van der Waals surface area contributed by atoms with E-state index in [1.54, 1.807) is 24.3 Å². The molecule has 0 aliphatic carbocycles. The van der Waals surface area contributed by atoms with Crippen LogP contribution in [0.15, 0.2) is 53.4 Å². The van der Waals surface area contributed by atoms with Crippen LogP contribution in [0.25, 0.3) is 0 Å². The molecule has 2 aromatic carbocycles. The summed E-state index contributed by atoms with van der Waals surface area (Å²) in [6.07, 6.45) is 0. The Balaban J connectivity index is 2.05. The molecule has 7 heteroatoms. The number of likely N-dealkylation sites (N-methyl/N-ethyl adjacent to an activating group) is 1. The van der Waals surface area contributed by atoms with Crippen molar-refractivity contribution in [1.29, 1.82) is 0 Å². The van der Waals surface area contributed by atoms with E-state index >= 15 is 0 Å². The fraction of sp³-hybridized carbons (Fsp3) is 0.188. The van der Waals surface area contributed by atoms with Crippen molar-refractivity contribution in [3.05, 3.63) is 59.1 Å². The molecule has 0 atom stereocenters. The van der Waals surface area contributed by atoms with E-state index in [9.17, 15) is 13.2 Å². The zero-order valence-electron chi connectivity index (χ0n) is 12.7. The van der Waals surface area contributed by atoms with Crippen LogP contribution in [0, 0.1) is 6.92 Å². The predicted molar refractivity (Wildman–Crippen MR) is 88.1 cm³/mol. The summed E-state index contributed by atoms with van der Waals surface area (Å²) in [5.74, 6) is -0.369. The first-order chi connectivity index (χ1) is 10.8. The molecule has 23 heavy (non-hydrogen) atoms. The van der Waals surface area contributed by atoms with Gasteiger partial charge in [-0.25, -0.2) is 8.42 Å². The van der Waals surface area contributed by atoms with E-state index in [4.69, 9.17) is 16.3 Å². The molecule has 0 amide bonds. The maximum atomic E-state index is 12.4. The molecule has 5 nitrogen and oxygen atoms in total. The van der Waals surface area contributed by atoms with Crippen molar-refractivity contribution in [3.63, 3.8) is 0 Å². The molecule has 0 saturated heterocycles. The zero-order valence-corrected chi connectivity index (χ0v) is 14.3. The Morgan fingerprint density at radius 2 is 1.65 bits per heavy atom. The predicted octanol–water partition coefficient (Wildman–Crippen LogP) is 2.87. The minimum Gasteiger partial charge on any atom is -0.426 e. The Kier molecular flexibility index (Phi) is 5.41. The molecule has 2 rings (SSSR count). The Morgan fingerprint density at radius 1 is 1.09 bits per heavy atom. The fourth-order valence-corrected chi connectivity index (χ4v) is 3.06. The first-order valence-corrected chi connectivity index (χ1v) is 8.60. The van der Waals surface area contributed by atoms with Crippen molar-refractivity contribution in [2.75, 3.05) is 13.6 Å². The number of halogens is 1. The summed E-state index contributed by atoms with van der Waals surface area (Å²) < 4.78 is 30.8. The summed E-state index contributed by atoms with van der Waals surface area (Å²) in [4.78, 5) is 12.0. The van der Waals surface area contributed by atoms with Crippen LogP contribution in [0.2, 0.25) is 5.02 Å². The molecule has 0 fully saturated rings. The molecule has 0 radical (unpaired) electrons. The summed E-state index contributed by atoms with van der Waals surface area (Å²) in [6.45, 7) is 1.47. The lowest BCUT2D eigenvalue weighted by Crippen LogP contribution is -2.34. The molecule has 122 valence electrons. The lowest BCUT2D eigenvalue weighted by molar-refractivity contribution is -0.134. The Bertz CT molecular complexity index is 786. The van der Waals surface area contributed by atoms with Gasteiger partial charge in [0.2, 0.25) is 10.0 Å². The lowest BCUT2D eigenvalue weighted by atomic mass is 10.2. The van der Waals surface area contributed by atoms with E-state index in [-0.39, 0.29) is 4.90 Å². The summed E-state index contributed by atoms with van der Waals surface area (Å²) in [6, 6.07) is 12.6. The lowest BCUT2D eigenvalue weighted by Gasteiger charge is -2.16. The number of hydrogen-bond donors (Lipinski definition) is 0. The second kappa shape index (κ2) is 7.12. The van der Waals surface area contributed by atoms with Crippen LogP contribution in [0.3, 0.4) is 0 Å². The number of sulfonamides is 1. The molecule has 0 aromatic heterocycles. The quantitative estimate of drug-likeness (QED) is 0.612. The molecule has 0 spiro atoms. The highest BCUT2D eigenvalue weighted by atomic mass is 35.5. The zero-order chi connectivity index (χ0) is 17.0. The molecule has 0 heterocycles. The van der Waals surface area contributed by atoms with E-state index in [2.05, 4.69) is 0 Å². The SMILES string of the molecule is Cc1ccc(S(=O)(=O)N(C)CC(=O)Oc2ccc(Cl)cc2)cc1. The number of benzene rings is 2. The van der Waals surface area contributed by atoms with Crippen molar-refractivity contribution in [1.82, 2.24) is 4.31 Å². The summed E-state index contributed by atoms with van der Waals surface area (Å²) >= 11 is 5.74. The van der Waals surface area contributed by atoms with Crippen molar-refractivity contribution in [2.45, 2.75) is 11.8 Å². The largest absolute Gasteiger partial charge is 0.426 e. The van der Waals surface area contributed by atoms with Gasteiger partial charge in [0.25, 0.3) is 0 Å². The molecule has 2 aromatic rings. The van der Waals surface area contributed by atoms with Gasteiger partial charge in [-0.2, -0.15) is 4.31 Å². The normalized spacial score (nSPS) is 11.5. The molecular weight excluding hydrogens is 338 g/mol. The Labute approximate surface area is 140 Å². The van der Waals surface area contributed by atoms with Crippen LogP contribution in [0.4, 0.5) is 0 Å². The average Bonchev–Trinajstić information content (AvgIpc) is 2.50. The van der Waals surface area contributed by atoms with Crippen LogP contribution in [0.1, 0.15) is 5.56 Å². The molecule has 0 unspecified atom stereocenters. The molecule has 0 saturated carbocycles. The van der Waals surface area contributed by atoms with E-state index in [0.29, 0.717) is 10.8 Å². The van der Waals surface area contributed by atoms with Crippen LogP contribution >= 0.6 is 11.6 Å². The van der Waals surface area contributed by atoms with Gasteiger partial charge in [-0.05, 0) is 43.3 Å². The molecule has 0 aliphatic heterocycles. The molecule has 0 aliphatic rings. The van der Waals surface area contributed by atoms with Crippen molar-refractivity contribution in [3.8, 4) is 5.75 Å². The fourth-order valence-electron chi connectivity index (χ4n) is 1.82. The van der Waals surface area contributed by atoms with Gasteiger partial charge >= 0.3 is 5.97 Å². The van der Waals surface area contributed by atoms with E-state index < -0.39 is 22.5 Å². The number of rotatable bonds is 5. The van der Waals surface area contributed by atoms with Crippen molar-refractivity contribution < 1.29 is 17.9 Å². The third kappa shape index (κ3) is 4.54. The number of hydrogen-bond acceptors (Lipinski definition) is 4. The number of carbonyl (C=O) groups is 1. The highest BCUT2D eigenvalue weighted by Crippen LogP contribution is 2.17. The number of carbonyl (C=O) groups excluding carboxylic acids is 1. The smallest absolute Gasteiger partial charge is 0.326 e. The minimum atomic E-state index is -3.74. The van der Waals surface area contributed by atoms with E-state index in [1.165, 1.54) is 31.3 Å². The third-order valence-electron chi connectivity index (χ3n) is 3.13. The first kappa shape index (κ1) is 17.5. The summed E-state index contributed by atoms with van der Waals surface area (Å²) in [5, 5.41) is 0.517. The van der Waals surface area contributed by atoms with Crippen LogP contribution < -0.4 is 4.74 Å². The first-order valence-electron chi connectivity index (χ1n) is 6.78. The average molecular weight is 354 g/mol. The highest BCUT2D eigenvalue weighted by molar-refractivity contribution is 7.89. The summed E-state index contributed by atoms with van der Waals surface area (Å²) in [5.41, 5.74) is 0.953. The highest BCUT2D eigenvalue weighted by Gasteiger charge is 2.23. The van der Waals surface area contributed by atoms with Gasteiger partial charge in [-0.1, -0.05) is 29.3 Å². The number of nitrogens with zero attached hydrogens (tertiary/aromatic N) is 1. The Morgan fingerprint density at radius 3 is 2.22 bits per heavy atom. The third-order valence-corrected chi connectivity index (χ3v) is 5.20. The van der Waals surface area contributed by atoms with Crippen molar-refractivity contribution in [2.24, 2.45) is 0 Å². The maximum absolute atomic E-state index is 12.4. The molecule has 0 bridgehead atoms. The van der Waals surface area contributed by atoms with Gasteiger partial charge in [0.15, 0.2) is 0 Å². The van der Waals surface area contributed by atoms with Crippen molar-refractivity contribution >= 4 is 27.6 Å². The standard InChI is InChI=1S/C16H16ClNO4S/c1-12-3-9-15(10-4-12)23(20,21)18(2)11-16(19)22-14-7-5-13(17)6-8-14/h3-10H,11H2,1-2H3. The van der Waals surface area contributed by atoms with Gasteiger partial charge in [0.05, 0.1) is 4.90 Å². The van der Waals surface area contributed by atoms with Crippen LogP contribution in [-0.2, 0) is 14.8 Å².